The van der Waals surface area contributed by atoms with Gasteiger partial charge in [-0.2, -0.15) is 0 Å². The first kappa shape index (κ1) is 44.6. The van der Waals surface area contributed by atoms with Gasteiger partial charge in [-0.25, -0.2) is 14.4 Å². The number of carbonyl (C=O) groups is 6. The van der Waals surface area contributed by atoms with Crippen molar-refractivity contribution < 1.29 is 47.4 Å². The maximum Gasteiger partial charge on any atom is 0.262 e. The van der Waals surface area contributed by atoms with Gasteiger partial charge in [0, 0.05) is 54.5 Å². The Balaban J connectivity index is 0.842. The third-order valence-corrected chi connectivity index (χ3v) is 11.7. The Hall–Kier alpha value is -8.02. The summed E-state index contributed by atoms with van der Waals surface area (Å²) >= 11 is 0. The summed E-state index contributed by atoms with van der Waals surface area (Å²) in [6.45, 7) is 3.95. The second kappa shape index (κ2) is 18.6. The maximum atomic E-state index is 15.5. The molecule has 0 aliphatic carbocycles. The molecular weight excluding hydrogens is 854 g/mol. The SMILES string of the molecule is CCc1ccc2c(c1)c(=O)c(C(=O)Nc1ccc(Oc3ncnc4cc(OCCCCCC(=O)Nc5ccc6c(c5)C(=O)N(C5CCC(=O)NC5=O)C6=O)c(OC)cc34)c(F)c1)c(C)n2C. The number of anilines is 2. The van der Waals surface area contributed by atoms with Gasteiger partial charge in [-0.05, 0) is 93.1 Å². The first-order valence-corrected chi connectivity index (χ1v) is 21.3. The highest BCUT2D eigenvalue weighted by Gasteiger charge is 2.44. The average Bonchev–Trinajstić information content (AvgIpc) is 3.54. The van der Waals surface area contributed by atoms with Crippen LogP contribution in [-0.2, 0) is 27.9 Å². The molecule has 2 aliphatic heterocycles. The highest BCUT2D eigenvalue weighted by molar-refractivity contribution is 6.24. The lowest BCUT2D eigenvalue weighted by Gasteiger charge is -2.27. The number of benzene rings is 4. The first-order valence-electron chi connectivity index (χ1n) is 21.3. The number of ether oxygens (including phenoxy) is 3. The fraction of sp³-hybridized carbons (Fsp3) is 0.271. The van der Waals surface area contributed by atoms with Crippen molar-refractivity contribution in [3.8, 4) is 23.1 Å². The molecule has 66 heavy (non-hydrogen) atoms. The standard InChI is InChI=1S/C48H44FN7O10/c1-5-26-10-14-35-32(19-26)43(59)42(25(2)55(35)3)45(61)53-28-12-16-37(33(49)21-28)66-46-31-22-38(64-4)39(23-34(31)50-24-51-46)65-18-8-6-7-9-40(57)52-27-11-13-29-30(20-27)48(63)56(47(29)62)36-15-17-41(58)54-44(36)60/h10-14,16,19-24,36H,5-9,15,17-18H2,1-4H3,(H,52,57)(H,53,61)(H,54,58,60). The molecule has 1 atom stereocenters. The van der Waals surface area contributed by atoms with Gasteiger partial charge in [0.25, 0.3) is 17.7 Å². The minimum absolute atomic E-state index is 0.0106. The molecule has 8 rings (SSSR count). The van der Waals surface area contributed by atoms with E-state index in [1.165, 1.54) is 43.8 Å². The fourth-order valence-corrected chi connectivity index (χ4v) is 8.06. The molecule has 1 saturated heterocycles. The molecule has 338 valence electrons. The number of imide groups is 2. The average molecular weight is 898 g/mol. The highest BCUT2D eigenvalue weighted by atomic mass is 19.1. The van der Waals surface area contributed by atoms with Gasteiger partial charge in [0.1, 0.15) is 17.9 Å². The number of hydrogen-bond donors (Lipinski definition) is 3. The van der Waals surface area contributed by atoms with Crippen molar-refractivity contribution in [3.63, 3.8) is 0 Å². The van der Waals surface area contributed by atoms with E-state index in [9.17, 15) is 33.6 Å². The van der Waals surface area contributed by atoms with Crippen LogP contribution < -0.4 is 35.6 Å². The van der Waals surface area contributed by atoms with Crippen LogP contribution in [0.3, 0.4) is 0 Å². The number of nitrogens with zero attached hydrogens (tertiary/aromatic N) is 4. The van der Waals surface area contributed by atoms with E-state index in [1.54, 1.807) is 36.7 Å². The summed E-state index contributed by atoms with van der Waals surface area (Å²) < 4.78 is 34.8. The van der Waals surface area contributed by atoms with Crippen LogP contribution in [0.5, 0.6) is 23.1 Å². The normalized spacial score (nSPS) is 14.6. The second-order valence-corrected chi connectivity index (χ2v) is 15.9. The third-order valence-electron chi connectivity index (χ3n) is 11.7. The minimum atomic E-state index is -1.09. The van der Waals surface area contributed by atoms with Crippen molar-refractivity contribution in [3.05, 3.63) is 117 Å². The van der Waals surface area contributed by atoms with E-state index in [2.05, 4.69) is 25.9 Å². The van der Waals surface area contributed by atoms with Gasteiger partial charge in [0.2, 0.25) is 29.0 Å². The summed E-state index contributed by atoms with van der Waals surface area (Å²) in [4.78, 5) is 99.2. The summed E-state index contributed by atoms with van der Waals surface area (Å²) in [7, 11) is 3.24. The van der Waals surface area contributed by atoms with E-state index in [4.69, 9.17) is 14.2 Å². The number of aryl methyl sites for hydroxylation is 2. The zero-order chi connectivity index (χ0) is 46.8. The number of nitrogens with one attached hydrogen (secondary N) is 3. The van der Waals surface area contributed by atoms with E-state index in [0.717, 1.165) is 23.0 Å². The van der Waals surface area contributed by atoms with Crippen molar-refractivity contribution >= 4 is 68.6 Å². The Kier molecular flexibility index (Phi) is 12.6. The van der Waals surface area contributed by atoms with E-state index < -0.39 is 46.8 Å². The number of methoxy groups -OCH3 is 1. The van der Waals surface area contributed by atoms with Crippen molar-refractivity contribution in [1.82, 2.24) is 24.8 Å². The molecule has 0 bridgehead atoms. The van der Waals surface area contributed by atoms with E-state index in [1.807, 2.05) is 19.1 Å². The number of unbranched alkanes of at least 4 members (excludes halogenated alkanes) is 2. The molecule has 6 aromatic rings. The van der Waals surface area contributed by atoms with Gasteiger partial charge >= 0.3 is 0 Å². The molecule has 4 heterocycles. The van der Waals surface area contributed by atoms with E-state index in [-0.39, 0.29) is 65.8 Å². The number of rotatable bonds is 15. The summed E-state index contributed by atoms with van der Waals surface area (Å²) in [6.07, 6.45) is 3.97. The Morgan fingerprint density at radius 2 is 1.62 bits per heavy atom. The minimum Gasteiger partial charge on any atom is -0.493 e. The Morgan fingerprint density at radius 1 is 0.848 bits per heavy atom. The second-order valence-electron chi connectivity index (χ2n) is 15.9. The Bertz CT molecular complexity index is 3080. The molecule has 18 heteroatoms. The number of hydrogen-bond acceptors (Lipinski definition) is 12. The fourth-order valence-electron chi connectivity index (χ4n) is 8.06. The van der Waals surface area contributed by atoms with E-state index in [0.29, 0.717) is 63.9 Å². The summed E-state index contributed by atoms with van der Waals surface area (Å²) in [5.74, 6) is -3.63. The van der Waals surface area contributed by atoms with Crippen LogP contribution in [0.1, 0.15) is 87.8 Å². The quantitative estimate of drug-likeness (QED) is 0.0741. The van der Waals surface area contributed by atoms with Crippen LogP contribution >= 0.6 is 0 Å². The van der Waals surface area contributed by atoms with Crippen LogP contribution in [0.4, 0.5) is 15.8 Å². The van der Waals surface area contributed by atoms with Crippen LogP contribution in [-0.4, -0.2) is 74.6 Å². The number of aromatic nitrogens is 3. The Labute approximate surface area is 376 Å². The number of piperidine rings is 1. The van der Waals surface area contributed by atoms with Gasteiger partial charge in [0.05, 0.1) is 41.3 Å². The zero-order valence-corrected chi connectivity index (χ0v) is 36.4. The van der Waals surface area contributed by atoms with Crippen molar-refractivity contribution in [2.75, 3.05) is 24.4 Å². The largest absolute Gasteiger partial charge is 0.493 e. The van der Waals surface area contributed by atoms with Crippen molar-refractivity contribution in [2.45, 2.75) is 64.8 Å². The molecule has 0 spiro atoms. The topological polar surface area (TPSA) is 217 Å². The molecule has 1 fully saturated rings. The van der Waals surface area contributed by atoms with Crippen LogP contribution in [0.2, 0.25) is 0 Å². The van der Waals surface area contributed by atoms with Crippen LogP contribution in [0, 0.1) is 12.7 Å². The van der Waals surface area contributed by atoms with Crippen LogP contribution in [0.15, 0.2) is 77.9 Å². The smallest absolute Gasteiger partial charge is 0.262 e. The number of pyridine rings is 1. The molecule has 0 radical (unpaired) electrons. The van der Waals surface area contributed by atoms with Crippen molar-refractivity contribution in [2.24, 2.45) is 7.05 Å². The van der Waals surface area contributed by atoms with Crippen molar-refractivity contribution in [1.29, 1.82) is 0 Å². The highest BCUT2D eigenvalue weighted by Crippen LogP contribution is 2.37. The number of halogens is 1. The zero-order valence-electron chi connectivity index (χ0n) is 36.4. The maximum absolute atomic E-state index is 15.5. The predicted molar refractivity (Wildman–Crippen MR) is 240 cm³/mol. The Morgan fingerprint density at radius 3 is 2.38 bits per heavy atom. The molecule has 3 N–H and O–H groups in total. The summed E-state index contributed by atoms with van der Waals surface area (Å²) in [5.41, 5.74) is 2.73. The molecular formula is C48H44FN7O10. The van der Waals surface area contributed by atoms with Gasteiger partial charge < -0.3 is 29.4 Å². The van der Waals surface area contributed by atoms with Gasteiger partial charge in [-0.3, -0.25) is 43.8 Å². The number of fused-ring (bicyclic) bond motifs is 3. The number of amides is 6. The number of carbonyl (C=O) groups excluding carboxylic acids is 6. The molecule has 2 aliphatic rings. The van der Waals surface area contributed by atoms with Gasteiger partial charge in [0.15, 0.2) is 23.1 Å². The monoisotopic (exact) mass is 897 g/mol. The molecule has 2 aromatic heterocycles. The first-order chi connectivity index (χ1) is 31.8. The molecule has 1 unspecified atom stereocenters. The molecule has 6 amide bonds. The van der Waals surface area contributed by atoms with Gasteiger partial charge in [-0.15, -0.1) is 0 Å². The molecule has 4 aromatic carbocycles. The molecule has 0 saturated carbocycles. The summed E-state index contributed by atoms with van der Waals surface area (Å²) in [6, 6.07) is 16.0. The van der Waals surface area contributed by atoms with E-state index >= 15 is 4.39 Å². The van der Waals surface area contributed by atoms with Gasteiger partial charge in [-0.1, -0.05) is 13.0 Å². The molecule has 17 nitrogen and oxygen atoms in total. The van der Waals surface area contributed by atoms with Crippen LogP contribution in [0.25, 0.3) is 21.8 Å². The lowest BCUT2D eigenvalue weighted by molar-refractivity contribution is -0.136. The third kappa shape index (κ3) is 8.76. The predicted octanol–water partition coefficient (Wildman–Crippen LogP) is 6.52. The lowest BCUT2D eigenvalue weighted by atomic mass is 10.0. The lowest BCUT2D eigenvalue weighted by Crippen LogP contribution is -2.54. The summed E-state index contributed by atoms with van der Waals surface area (Å²) in [5, 5.41) is 8.39.